The second kappa shape index (κ2) is 2.99. The molecule has 0 saturated carbocycles. The van der Waals surface area contributed by atoms with Crippen LogP contribution in [-0.2, 0) is 4.79 Å². The summed E-state index contributed by atoms with van der Waals surface area (Å²) >= 11 is 3.15. The number of nitrogens with zero attached hydrogens (tertiary/aromatic N) is 2. The highest BCUT2D eigenvalue weighted by molar-refractivity contribution is 9.12. The molecule has 13 heavy (non-hydrogen) atoms. The monoisotopic (exact) mass is 242 g/mol. The van der Waals surface area contributed by atoms with Crippen molar-refractivity contribution in [3.05, 3.63) is 22.2 Å². The first kappa shape index (κ1) is 8.50. The van der Waals surface area contributed by atoms with Gasteiger partial charge in [0.2, 0.25) is 0 Å². The van der Waals surface area contributed by atoms with Crippen molar-refractivity contribution >= 4 is 33.9 Å². The molecule has 0 aromatic carbocycles. The number of amides is 1. The van der Waals surface area contributed by atoms with Crippen LogP contribution >= 0.6 is 15.9 Å². The van der Waals surface area contributed by atoms with Gasteiger partial charge in [-0.1, -0.05) is 0 Å². The van der Waals surface area contributed by atoms with Crippen LogP contribution in [0.25, 0.3) is 0 Å². The van der Waals surface area contributed by atoms with Gasteiger partial charge in [-0.2, -0.15) is 4.99 Å². The molecule has 1 amide bonds. The number of alkyl halides is 1. The molecule has 0 aromatic heterocycles. The van der Waals surface area contributed by atoms with E-state index >= 15 is 0 Å². The lowest BCUT2D eigenvalue weighted by Crippen LogP contribution is -2.26. The Morgan fingerprint density at radius 1 is 1.54 bits per heavy atom. The van der Waals surface area contributed by atoms with E-state index in [2.05, 4.69) is 25.9 Å². The summed E-state index contributed by atoms with van der Waals surface area (Å²) in [4.78, 5) is 18.4. The van der Waals surface area contributed by atoms with Crippen LogP contribution in [0.15, 0.2) is 32.2 Å². The van der Waals surface area contributed by atoms with Gasteiger partial charge < -0.3 is 0 Å². The molecule has 0 fully saturated rings. The molecule has 0 aromatic rings. The van der Waals surface area contributed by atoms with Gasteiger partial charge in [-0.3, -0.25) is 4.79 Å². The second-order valence-corrected chi connectivity index (χ2v) is 3.40. The Bertz CT molecular complexity index is 395. The first-order valence-corrected chi connectivity index (χ1v) is 4.36. The average molecular weight is 243 g/mol. The van der Waals surface area contributed by atoms with Crippen molar-refractivity contribution in [1.82, 2.24) is 0 Å². The van der Waals surface area contributed by atoms with Gasteiger partial charge in [-0.15, -0.1) is 0 Å². The van der Waals surface area contributed by atoms with Gasteiger partial charge in [0.15, 0.2) is 6.17 Å². The van der Waals surface area contributed by atoms with E-state index in [4.69, 9.17) is 0 Å². The summed E-state index contributed by atoms with van der Waals surface area (Å²) in [5.74, 6) is -0.455. The van der Waals surface area contributed by atoms with E-state index in [9.17, 15) is 9.18 Å². The summed E-state index contributed by atoms with van der Waals surface area (Å²) in [6.07, 6.45) is 2.59. The molecule has 1 unspecified atom stereocenters. The summed E-state index contributed by atoms with van der Waals surface area (Å²) in [5, 5.41) is 0. The molecule has 1 aliphatic carbocycles. The Balaban J connectivity index is 2.59. The van der Waals surface area contributed by atoms with E-state index in [1.54, 1.807) is 0 Å². The number of aliphatic imine (C=N–C) groups is 2. The van der Waals surface area contributed by atoms with Crippen molar-refractivity contribution in [2.75, 3.05) is 0 Å². The highest BCUT2D eigenvalue weighted by atomic mass is 79.9. The van der Waals surface area contributed by atoms with Gasteiger partial charge in [0.1, 0.15) is 6.34 Å². The zero-order valence-corrected chi connectivity index (χ0v) is 7.95. The first-order chi connectivity index (χ1) is 6.20. The van der Waals surface area contributed by atoms with Crippen LogP contribution in [0.2, 0.25) is 0 Å². The molecule has 1 aliphatic heterocycles. The molecule has 5 heteroatoms. The lowest BCUT2D eigenvalue weighted by molar-refractivity contribution is -0.113. The molecule has 66 valence electrons. The van der Waals surface area contributed by atoms with Crippen molar-refractivity contribution < 1.29 is 9.18 Å². The van der Waals surface area contributed by atoms with Gasteiger partial charge in [-0.25, -0.2) is 9.38 Å². The van der Waals surface area contributed by atoms with Crippen LogP contribution in [0.4, 0.5) is 4.39 Å². The van der Waals surface area contributed by atoms with Gasteiger partial charge in [0.05, 0.1) is 11.3 Å². The maximum absolute atomic E-state index is 13.2. The van der Waals surface area contributed by atoms with E-state index in [1.807, 2.05) is 0 Å². The van der Waals surface area contributed by atoms with Crippen molar-refractivity contribution in [2.45, 2.75) is 6.17 Å². The highest BCUT2D eigenvalue weighted by Crippen LogP contribution is 2.25. The van der Waals surface area contributed by atoms with Crippen LogP contribution in [-0.4, -0.2) is 24.1 Å². The van der Waals surface area contributed by atoms with Gasteiger partial charge in [0.25, 0.3) is 5.91 Å². The number of carbonyl (C=O) groups excluding carboxylic acids is 1. The highest BCUT2D eigenvalue weighted by Gasteiger charge is 2.29. The predicted molar refractivity (Wildman–Crippen MR) is 50.9 cm³/mol. The van der Waals surface area contributed by atoms with Crippen LogP contribution in [0.1, 0.15) is 0 Å². The Kier molecular flexibility index (Phi) is 1.95. The first-order valence-electron chi connectivity index (χ1n) is 3.57. The Morgan fingerprint density at radius 3 is 3.00 bits per heavy atom. The SMILES string of the molecule is O=C1N=CN=C2C1=C(Br)C=CC2F. The van der Waals surface area contributed by atoms with Crippen LogP contribution < -0.4 is 0 Å². The molecular weight excluding hydrogens is 239 g/mol. The molecule has 0 saturated heterocycles. The third kappa shape index (κ3) is 1.29. The smallest absolute Gasteiger partial charge is 0.267 e. The van der Waals surface area contributed by atoms with Crippen LogP contribution in [0, 0.1) is 0 Å². The van der Waals surface area contributed by atoms with E-state index in [0.29, 0.717) is 4.48 Å². The van der Waals surface area contributed by atoms with Crippen molar-refractivity contribution in [3.63, 3.8) is 0 Å². The van der Waals surface area contributed by atoms with Crippen molar-refractivity contribution in [2.24, 2.45) is 9.98 Å². The quantitative estimate of drug-likeness (QED) is 0.636. The lowest BCUT2D eigenvalue weighted by Gasteiger charge is -2.16. The van der Waals surface area contributed by atoms with Gasteiger partial charge in [0, 0.05) is 4.48 Å². The number of carbonyl (C=O) groups is 1. The van der Waals surface area contributed by atoms with E-state index in [-0.39, 0.29) is 11.3 Å². The second-order valence-electron chi connectivity index (χ2n) is 2.55. The van der Waals surface area contributed by atoms with E-state index in [1.165, 1.54) is 12.2 Å². The Hall–Kier alpha value is -1.10. The maximum atomic E-state index is 13.2. The molecule has 3 nitrogen and oxygen atoms in total. The summed E-state index contributed by atoms with van der Waals surface area (Å²) in [6, 6.07) is 0. The molecule has 0 N–H and O–H groups in total. The number of hydrogen-bond donors (Lipinski definition) is 0. The molecule has 0 bridgehead atoms. The minimum Gasteiger partial charge on any atom is -0.267 e. The van der Waals surface area contributed by atoms with E-state index in [0.717, 1.165) is 6.34 Å². The fourth-order valence-electron chi connectivity index (χ4n) is 1.16. The number of allylic oxidation sites excluding steroid dienone is 3. The minimum absolute atomic E-state index is 0.134. The number of hydrogen-bond acceptors (Lipinski definition) is 2. The molecule has 1 atom stereocenters. The third-order valence-corrected chi connectivity index (χ3v) is 2.41. The largest absolute Gasteiger partial charge is 0.281 e. The maximum Gasteiger partial charge on any atom is 0.281 e. The summed E-state index contributed by atoms with van der Waals surface area (Å²) < 4.78 is 13.7. The van der Waals surface area contributed by atoms with Crippen molar-refractivity contribution in [3.8, 4) is 0 Å². The third-order valence-electron chi connectivity index (χ3n) is 1.75. The van der Waals surface area contributed by atoms with Gasteiger partial charge in [-0.05, 0) is 28.1 Å². The Morgan fingerprint density at radius 2 is 2.31 bits per heavy atom. The average Bonchev–Trinajstić information content (AvgIpc) is 2.12. The molecule has 2 aliphatic rings. The van der Waals surface area contributed by atoms with Crippen molar-refractivity contribution in [1.29, 1.82) is 0 Å². The fourth-order valence-corrected chi connectivity index (χ4v) is 1.68. The summed E-state index contributed by atoms with van der Waals surface area (Å²) in [6.45, 7) is 0. The Labute approximate surface area is 81.9 Å². The van der Waals surface area contributed by atoms with Gasteiger partial charge >= 0.3 is 0 Å². The lowest BCUT2D eigenvalue weighted by atomic mass is 10.00. The van der Waals surface area contributed by atoms with Crippen LogP contribution in [0.5, 0.6) is 0 Å². The zero-order chi connectivity index (χ0) is 9.42. The number of rotatable bonds is 0. The fraction of sp³-hybridized carbons (Fsp3) is 0.125. The molecule has 0 radical (unpaired) electrons. The number of halogens is 2. The topological polar surface area (TPSA) is 41.8 Å². The molecule has 1 heterocycles. The molecule has 2 rings (SSSR count). The molecular formula is C8H4BrFN2O. The predicted octanol–water partition coefficient (Wildman–Crippen LogP) is 1.55. The minimum atomic E-state index is -1.31. The van der Waals surface area contributed by atoms with Crippen LogP contribution in [0.3, 0.4) is 0 Å². The normalized spacial score (nSPS) is 26.2. The van der Waals surface area contributed by atoms with E-state index < -0.39 is 12.1 Å². The zero-order valence-electron chi connectivity index (χ0n) is 6.37. The summed E-state index contributed by atoms with van der Waals surface area (Å²) in [5.41, 5.74) is 0.354. The standard InChI is InChI=1S/C8H4BrFN2O/c9-4-1-2-5(10)7-6(4)8(13)12-3-11-7/h1-3,5H. The summed E-state index contributed by atoms with van der Waals surface area (Å²) in [7, 11) is 0. The molecule has 0 spiro atoms. The number of fused-ring (bicyclic) bond motifs is 1.